The van der Waals surface area contributed by atoms with Gasteiger partial charge in [-0.15, -0.1) is 0 Å². The van der Waals surface area contributed by atoms with Crippen LogP contribution in [0.3, 0.4) is 0 Å². The zero-order valence-electron chi connectivity index (χ0n) is 11.0. The highest BCUT2D eigenvalue weighted by Crippen LogP contribution is 2.31. The number of hydrogen-bond acceptors (Lipinski definition) is 3. The van der Waals surface area contributed by atoms with Crippen molar-refractivity contribution in [3.63, 3.8) is 0 Å². The summed E-state index contributed by atoms with van der Waals surface area (Å²) in [7, 11) is 1.83. The Morgan fingerprint density at radius 2 is 2.28 bits per heavy atom. The first-order chi connectivity index (χ1) is 8.54. The molecule has 0 aliphatic heterocycles. The van der Waals surface area contributed by atoms with Gasteiger partial charge in [0.15, 0.2) is 0 Å². The van der Waals surface area contributed by atoms with Crippen LogP contribution in [-0.2, 0) is 7.05 Å². The van der Waals surface area contributed by atoms with Gasteiger partial charge in [0.1, 0.15) is 5.69 Å². The molecule has 0 unspecified atom stereocenters. The van der Waals surface area contributed by atoms with E-state index in [0.717, 1.165) is 25.7 Å². The molecule has 1 amide bonds. The van der Waals surface area contributed by atoms with Crippen LogP contribution >= 0.6 is 0 Å². The molecule has 1 saturated carbocycles. The summed E-state index contributed by atoms with van der Waals surface area (Å²) in [6.07, 6.45) is 7.05. The first-order valence-corrected chi connectivity index (χ1v) is 6.46. The van der Waals surface area contributed by atoms with Gasteiger partial charge in [-0.25, -0.2) is 4.98 Å². The van der Waals surface area contributed by atoms with E-state index in [0.29, 0.717) is 11.6 Å². The SMILES string of the molecule is CC1CCC(CO)(NC(=O)c2cn(C)cn2)CC1. The van der Waals surface area contributed by atoms with E-state index >= 15 is 0 Å². The molecule has 0 aromatic carbocycles. The topological polar surface area (TPSA) is 67.2 Å². The van der Waals surface area contributed by atoms with E-state index in [1.807, 2.05) is 7.05 Å². The Morgan fingerprint density at radius 1 is 1.61 bits per heavy atom. The fraction of sp³-hybridized carbons (Fsp3) is 0.692. The summed E-state index contributed by atoms with van der Waals surface area (Å²) in [4.78, 5) is 16.1. The molecular weight excluding hydrogens is 230 g/mol. The van der Waals surface area contributed by atoms with Gasteiger partial charge in [-0.1, -0.05) is 6.92 Å². The summed E-state index contributed by atoms with van der Waals surface area (Å²) >= 11 is 0. The summed E-state index contributed by atoms with van der Waals surface area (Å²) in [6.45, 7) is 2.21. The average Bonchev–Trinajstić information content (AvgIpc) is 2.79. The van der Waals surface area contributed by atoms with E-state index in [4.69, 9.17) is 0 Å². The summed E-state index contributed by atoms with van der Waals surface area (Å²) in [6, 6.07) is 0. The largest absolute Gasteiger partial charge is 0.394 e. The highest BCUT2D eigenvalue weighted by Gasteiger charge is 2.35. The second-order valence-corrected chi connectivity index (χ2v) is 5.50. The number of amides is 1. The molecule has 5 heteroatoms. The van der Waals surface area contributed by atoms with Crippen LogP contribution in [0.2, 0.25) is 0 Å². The fourth-order valence-corrected chi connectivity index (χ4v) is 2.47. The van der Waals surface area contributed by atoms with Crippen LogP contribution in [0.15, 0.2) is 12.5 Å². The van der Waals surface area contributed by atoms with E-state index in [9.17, 15) is 9.90 Å². The molecule has 1 fully saturated rings. The Kier molecular flexibility index (Phi) is 3.71. The van der Waals surface area contributed by atoms with Crippen molar-refractivity contribution >= 4 is 5.91 Å². The number of aliphatic hydroxyl groups excluding tert-OH is 1. The minimum atomic E-state index is -0.457. The number of hydrogen-bond donors (Lipinski definition) is 2. The lowest BCUT2D eigenvalue weighted by molar-refractivity contribution is 0.0713. The van der Waals surface area contributed by atoms with Gasteiger partial charge in [-0.05, 0) is 31.6 Å². The van der Waals surface area contributed by atoms with Crippen molar-refractivity contribution in [1.29, 1.82) is 0 Å². The molecule has 0 saturated heterocycles. The zero-order valence-corrected chi connectivity index (χ0v) is 11.0. The van der Waals surface area contributed by atoms with E-state index in [1.165, 1.54) is 0 Å². The molecule has 2 rings (SSSR count). The van der Waals surface area contributed by atoms with Gasteiger partial charge >= 0.3 is 0 Å². The summed E-state index contributed by atoms with van der Waals surface area (Å²) in [5, 5.41) is 12.6. The van der Waals surface area contributed by atoms with Gasteiger partial charge in [0.2, 0.25) is 0 Å². The molecule has 0 radical (unpaired) electrons. The van der Waals surface area contributed by atoms with Gasteiger partial charge in [-0.3, -0.25) is 4.79 Å². The second-order valence-electron chi connectivity index (χ2n) is 5.50. The number of aromatic nitrogens is 2. The molecule has 1 aromatic heterocycles. The minimum Gasteiger partial charge on any atom is -0.394 e. The van der Waals surface area contributed by atoms with Crippen molar-refractivity contribution < 1.29 is 9.90 Å². The lowest BCUT2D eigenvalue weighted by Gasteiger charge is -2.38. The van der Waals surface area contributed by atoms with Crippen molar-refractivity contribution in [2.24, 2.45) is 13.0 Å². The number of rotatable bonds is 3. The van der Waals surface area contributed by atoms with Crippen LogP contribution in [0.1, 0.15) is 43.1 Å². The number of carbonyl (C=O) groups excluding carboxylic acids is 1. The van der Waals surface area contributed by atoms with Gasteiger partial charge in [0, 0.05) is 13.2 Å². The van der Waals surface area contributed by atoms with E-state index in [2.05, 4.69) is 17.2 Å². The number of nitrogens with one attached hydrogen (secondary N) is 1. The highest BCUT2D eigenvalue weighted by molar-refractivity contribution is 5.92. The van der Waals surface area contributed by atoms with Crippen LogP contribution in [0.5, 0.6) is 0 Å². The first kappa shape index (κ1) is 13.1. The third kappa shape index (κ3) is 2.72. The molecule has 2 N–H and O–H groups in total. The van der Waals surface area contributed by atoms with Gasteiger partial charge in [0.25, 0.3) is 5.91 Å². The van der Waals surface area contributed by atoms with Crippen LogP contribution in [0, 0.1) is 5.92 Å². The lowest BCUT2D eigenvalue weighted by atomic mass is 9.77. The first-order valence-electron chi connectivity index (χ1n) is 6.46. The van der Waals surface area contributed by atoms with E-state index < -0.39 is 5.54 Å². The average molecular weight is 251 g/mol. The van der Waals surface area contributed by atoms with E-state index in [1.54, 1.807) is 17.1 Å². The van der Waals surface area contributed by atoms with Crippen molar-refractivity contribution in [2.45, 2.75) is 38.1 Å². The Balaban J connectivity index is 2.04. The van der Waals surface area contributed by atoms with Crippen molar-refractivity contribution in [2.75, 3.05) is 6.61 Å². The van der Waals surface area contributed by atoms with E-state index in [-0.39, 0.29) is 12.5 Å². The number of nitrogens with zero attached hydrogens (tertiary/aromatic N) is 2. The third-order valence-corrected chi connectivity index (χ3v) is 3.85. The number of aliphatic hydroxyl groups is 1. The highest BCUT2D eigenvalue weighted by atomic mass is 16.3. The predicted octanol–water partition coefficient (Wildman–Crippen LogP) is 1.09. The zero-order chi connectivity index (χ0) is 13.2. The quantitative estimate of drug-likeness (QED) is 0.845. The molecule has 1 aliphatic carbocycles. The number of aryl methyl sites for hydroxylation is 1. The van der Waals surface area contributed by atoms with Crippen LogP contribution in [0.25, 0.3) is 0 Å². The lowest BCUT2D eigenvalue weighted by Crippen LogP contribution is -2.53. The Morgan fingerprint density at radius 3 is 2.78 bits per heavy atom. The van der Waals surface area contributed by atoms with Gasteiger partial charge in [-0.2, -0.15) is 0 Å². The molecule has 0 bridgehead atoms. The van der Waals surface area contributed by atoms with Crippen LogP contribution in [-0.4, -0.2) is 32.7 Å². The molecule has 1 heterocycles. The van der Waals surface area contributed by atoms with Gasteiger partial charge < -0.3 is 15.0 Å². The molecule has 5 nitrogen and oxygen atoms in total. The molecule has 1 aliphatic rings. The molecule has 1 aromatic rings. The smallest absolute Gasteiger partial charge is 0.271 e. The van der Waals surface area contributed by atoms with Crippen LogP contribution < -0.4 is 5.32 Å². The molecule has 0 spiro atoms. The summed E-state index contributed by atoms with van der Waals surface area (Å²) < 4.78 is 1.74. The molecule has 18 heavy (non-hydrogen) atoms. The predicted molar refractivity (Wildman–Crippen MR) is 68.1 cm³/mol. The van der Waals surface area contributed by atoms with Crippen LogP contribution in [0.4, 0.5) is 0 Å². The Labute approximate surface area is 107 Å². The van der Waals surface area contributed by atoms with Crippen molar-refractivity contribution in [3.05, 3.63) is 18.2 Å². The standard InChI is InChI=1S/C13H21N3O2/c1-10-3-5-13(8-17,6-4-10)15-12(18)11-7-16(2)9-14-11/h7,9-10,17H,3-6,8H2,1-2H3,(H,15,18). The van der Waals surface area contributed by atoms with Crippen molar-refractivity contribution in [3.8, 4) is 0 Å². The maximum absolute atomic E-state index is 12.1. The van der Waals surface area contributed by atoms with Gasteiger partial charge in [0.05, 0.1) is 18.5 Å². The van der Waals surface area contributed by atoms with Crippen molar-refractivity contribution in [1.82, 2.24) is 14.9 Å². The number of carbonyl (C=O) groups is 1. The molecule has 0 atom stereocenters. The molecular formula is C13H21N3O2. The Bertz CT molecular complexity index is 420. The second kappa shape index (κ2) is 5.10. The fourth-order valence-electron chi connectivity index (χ4n) is 2.47. The Hall–Kier alpha value is -1.36. The maximum atomic E-state index is 12.1. The minimum absolute atomic E-state index is 0.00169. The third-order valence-electron chi connectivity index (χ3n) is 3.85. The maximum Gasteiger partial charge on any atom is 0.271 e. The monoisotopic (exact) mass is 251 g/mol. The number of imidazole rings is 1. The summed E-state index contributed by atoms with van der Waals surface area (Å²) in [5.41, 5.74) is -0.0508. The molecule has 100 valence electrons. The normalized spacial score (nSPS) is 28.1. The summed E-state index contributed by atoms with van der Waals surface area (Å²) in [5.74, 6) is 0.482.